The van der Waals surface area contributed by atoms with Crippen molar-refractivity contribution >= 4 is 56.1 Å². The lowest BCUT2D eigenvalue weighted by atomic mass is 10.1. The quantitative estimate of drug-likeness (QED) is 0.382. The number of aliphatic imine (C=N–C) groups is 1. The minimum absolute atomic E-state index is 0. The third-order valence-corrected chi connectivity index (χ3v) is 6.82. The fourth-order valence-electron chi connectivity index (χ4n) is 3.29. The van der Waals surface area contributed by atoms with Crippen LogP contribution in [0.1, 0.15) is 12.8 Å². The second-order valence-electron chi connectivity index (χ2n) is 6.90. The predicted molar refractivity (Wildman–Crippen MR) is 116 cm³/mol. The van der Waals surface area contributed by atoms with Gasteiger partial charge in [0.2, 0.25) is 0 Å². The van der Waals surface area contributed by atoms with E-state index in [1.54, 1.807) is 18.4 Å². The molecule has 0 atom stereocenters. The molecule has 1 aliphatic carbocycles. The van der Waals surface area contributed by atoms with Crippen LogP contribution in [-0.4, -0.2) is 71.1 Å². The van der Waals surface area contributed by atoms with Crippen molar-refractivity contribution in [1.82, 2.24) is 10.2 Å². The number of anilines is 1. The first-order valence-corrected chi connectivity index (χ1v) is 11.3. The Balaban J connectivity index is 0.00000225. The molecule has 1 saturated carbocycles. The van der Waals surface area contributed by atoms with Gasteiger partial charge in [-0.2, -0.15) is 0 Å². The topological polar surface area (TPSA) is 65.0 Å². The Morgan fingerprint density at radius 1 is 1.32 bits per heavy atom. The van der Waals surface area contributed by atoms with Crippen molar-refractivity contribution in [2.24, 2.45) is 10.4 Å². The van der Waals surface area contributed by atoms with Crippen LogP contribution < -0.4 is 10.2 Å². The zero-order valence-electron chi connectivity index (χ0n) is 14.8. The minimum atomic E-state index is -2.93. The number of hydrogen-bond donors (Lipinski definition) is 1. The summed E-state index contributed by atoms with van der Waals surface area (Å²) in [6.07, 6.45) is 3.29. The van der Waals surface area contributed by atoms with Gasteiger partial charge in [-0.05, 0) is 30.4 Å². The number of sulfone groups is 1. The van der Waals surface area contributed by atoms with Crippen LogP contribution in [0.15, 0.2) is 22.5 Å². The summed E-state index contributed by atoms with van der Waals surface area (Å²) in [6.45, 7) is 4.51. The Kier molecular flexibility index (Phi) is 7.00. The van der Waals surface area contributed by atoms with E-state index in [1.165, 1.54) is 11.3 Å². The average Bonchev–Trinajstić information content (AvgIpc) is 3.07. The summed E-state index contributed by atoms with van der Waals surface area (Å²) in [5.74, 6) is 1.16. The molecule has 6 nitrogen and oxygen atoms in total. The molecule has 1 aromatic rings. The molecule has 0 unspecified atom stereocenters. The zero-order valence-corrected chi connectivity index (χ0v) is 18.7. The van der Waals surface area contributed by atoms with Crippen LogP contribution in [0.5, 0.6) is 0 Å². The highest BCUT2D eigenvalue weighted by Crippen LogP contribution is 2.46. The van der Waals surface area contributed by atoms with Crippen LogP contribution in [0.2, 0.25) is 0 Å². The van der Waals surface area contributed by atoms with E-state index in [9.17, 15) is 8.42 Å². The van der Waals surface area contributed by atoms with Crippen molar-refractivity contribution in [2.75, 3.05) is 56.7 Å². The van der Waals surface area contributed by atoms with Crippen molar-refractivity contribution < 1.29 is 8.42 Å². The molecule has 2 heterocycles. The first kappa shape index (κ1) is 20.8. The minimum Gasteiger partial charge on any atom is -0.360 e. The van der Waals surface area contributed by atoms with E-state index in [4.69, 9.17) is 0 Å². The number of hydrogen-bond acceptors (Lipinski definition) is 5. The van der Waals surface area contributed by atoms with E-state index in [0.29, 0.717) is 6.54 Å². The normalized spacial score (nSPS) is 20.2. The molecule has 0 spiro atoms. The molecule has 0 aromatic carbocycles. The van der Waals surface area contributed by atoms with E-state index in [0.717, 1.165) is 45.0 Å². The Bertz CT molecular complexity index is 679. The second kappa shape index (κ2) is 8.43. The van der Waals surface area contributed by atoms with Gasteiger partial charge in [-0.1, -0.05) is 0 Å². The summed E-state index contributed by atoms with van der Waals surface area (Å²) in [7, 11) is -1.13. The molecule has 1 saturated heterocycles. The Hall–Kier alpha value is -0.550. The van der Waals surface area contributed by atoms with Crippen molar-refractivity contribution in [3.8, 4) is 0 Å². The zero-order chi connectivity index (χ0) is 17.2. The SMILES string of the molecule is CN=C(NCC1(CS(C)(=O)=O)CC1)N1CCN(c2cccs2)CC1.I. The van der Waals surface area contributed by atoms with E-state index >= 15 is 0 Å². The number of halogens is 1. The average molecular weight is 498 g/mol. The number of nitrogens with one attached hydrogen (secondary N) is 1. The fourth-order valence-corrected chi connectivity index (χ4v) is 5.58. The van der Waals surface area contributed by atoms with Crippen LogP contribution >= 0.6 is 35.3 Å². The van der Waals surface area contributed by atoms with Gasteiger partial charge in [-0.25, -0.2) is 8.42 Å². The Morgan fingerprint density at radius 3 is 2.48 bits per heavy atom. The molecule has 25 heavy (non-hydrogen) atoms. The monoisotopic (exact) mass is 498 g/mol. The lowest BCUT2D eigenvalue weighted by Gasteiger charge is -2.37. The molecule has 2 fully saturated rings. The van der Waals surface area contributed by atoms with Crippen LogP contribution in [0.4, 0.5) is 5.00 Å². The molecule has 9 heteroatoms. The second-order valence-corrected chi connectivity index (χ2v) is 9.96. The molecule has 0 amide bonds. The molecule has 0 radical (unpaired) electrons. The summed E-state index contributed by atoms with van der Waals surface area (Å²) in [4.78, 5) is 9.06. The van der Waals surface area contributed by atoms with Crippen LogP contribution in [0, 0.1) is 5.41 Å². The van der Waals surface area contributed by atoms with E-state index < -0.39 is 9.84 Å². The largest absolute Gasteiger partial charge is 0.360 e. The van der Waals surface area contributed by atoms with Crippen LogP contribution in [-0.2, 0) is 9.84 Å². The highest BCUT2D eigenvalue weighted by molar-refractivity contribution is 14.0. The van der Waals surface area contributed by atoms with Crippen molar-refractivity contribution in [3.05, 3.63) is 17.5 Å². The van der Waals surface area contributed by atoms with Gasteiger partial charge in [-0.3, -0.25) is 4.99 Å². The van der Waals surface area contributed by atoms with Gasteiger partial charge >= 0.3 is 0 Å². The lowest BCUT2D eigenvalue weighted by Crippen LogP contribution is -2.53. The van der Waals surface area contributed by atoms with Gasteiger partial charge in [-0.15, -0.1) is 35.3 Å². The maximum absolute atomic E-state index is 11.6. The summed E-state index contributed by atoms with van der Waals surface area (Å²) in [6, 6.07) is 4.25. The smallest absolute Gasteiger partial charge is 0.193 e. The number of guanidine groups is 1. The lowest BCUT2D eigenvalue weighted by molar-refractivity contribution is 0.368. The highest BCUT2D eigenvalue weighted by atomic mass is 127. The molecule has 1 aromatic heterocycles. The fraction of sp³-hybridized carbons (Fsp3) is 0.688. The molecule has 142 valence electrons. The molecule has 1 N–H and O–H groups in total. The van der Waals surface area contributed by atoms with Gasteiger partial charge in [0.05, 0.1) is 10.8 Å². The maximum atomic E-state index is 11.6. The number of thiophene rings is 1. The molecule has 0 bridgehead atoms. The van der Waals surface area contributed by atoms with Gasteiger partial charge in [0.15, 0.2) is 5.96 Å². The van der Waals surface area contributed by atoms with E-state index in [-0.39, 0.29) is 35.1 Å². The Labute approximate surface area is 171 Å². The van der Waals surface area contributed by atoms with Crippen LogP contribution in [0.3, 0.4) is 0 Å². The molecule has 3 rings (SSSR count). The van der Waals surface area contributed by atoms with E-state index in [1.807, 2.05) is 0 Å². The van der Waals surface area contributed by atoms with Gasteiger partial charge in [0, 0.05) is 51.4 Å². The summed E-state index contributed by atoms with van der Waals surface area (Å²) >= 11 is 1.78. The first-order valence-electron chi connectivity index (χ1n) is 8.33. The van der Waals surface area contributed by atoms with Crippen LogP contribution in [0.25, 0.3) is 0 Å². The van der Waals surface area contributed by atoms with Gasteiger partial charge < -0.3 is 15.1 Å². The number of nitrogens with zero attached hydrogens (tertiary/aromatic N) is 3. The third-order valence-electron chi connectivity index (χ3n) is 4.76. The summed E-state index contributed by atoms with van der Waals surface area (Å²) < 4.78 is 23.2. The van der Waals surface area contributed by atoms with Gasteiger partial charge in [0.1, 0.15) is 9.84 Å². The third kappa shape index (κ3) is 5.72. The van der Waals surface area contributed by atoms with E-state index in [2.05, 4.69) is 37.6 Å². The first-order chi connectivity index (χ1) is 11.4. The summed E-state index contributed by atoms with van der Waals surface area (Å²) in [5, 5.41) is 6.84. The summed E-state index contributed by atoms with van der Waals surface area (Å²) in [5.41, 5.74) is -0.0810. The van der Waals surface area contributed by atoms with Gasteiger partial charge in [0.25, 0.3) is 0 Å². The van der Waals surface area contributed by atoms with Crippen molar-refractivity contribution in [2.45, 2.75) is 12.8 Å². The number of rotatable bonds is 5. The predicted octanol–water partition coefficient (Wildman–Crippen LogP) is 1.89. The maximum Gasteiger partial charge on any atom is 0.193 e. The van der Waals surface area contributed by atoms with Crippen molar-refractivity contribution in [3.63, 3.8) is 0 Å². The molecular weight excluding hydrogens is 471 g/mol. The molecular formula is C16H27IN4O2S2. The highest BCUT2D eigenvalue weighted by Gasteiger charge is 2.45. The number of piperazine rings is 1. The molecule has 1 aliphatic heterocycles. The van der Waals surface area contributed by atoms with Crippen molar-refractivity contribution in [1.29, 1.82) is 0 Å². The Morgan fingerprint density at radius 2 is 2.00 bits per heavy atom. The molecule has 2 aliphatic rings. The standard InChI is InChI=1S/C16H26N4O2S2.HI/c1-17-15(18-12-16(5-6-16)13-24(2,21)22)20-9-7-19(8-10-20)14-4-3-11-23-14;/h3-4,11H,5-10,12-13H2,1-2H3,(H,17,18);1H.